The normalized spacial score (nSPS) is 22.6. The van der Waals surface area contributed by atoms with Crippen LogP contribution in [0.2, 0.25) is 0 Å². The Kier molecular flexibility index (Phi) is 6.87. The van der Waals surface area contributed by atoms with Crippen molar-refractivity contribution in [1.29, 1.82) is 0 Å². The zero-order chi connectivity index (χ0) is 16.7. The van der Waals surface area contributed by atoms with Gasteiger partial charge in [0, 0.05) is 19.6 Å². The number of aliphatic hydroxyl groups is 1. The predicted octanol–water partition coefficient (Wildman–Crippen LogP) is 1.85. The van der Waals surface area contributed by atoms with Gasteiger partial charge in [-0.1, -0.05) is 0 Å². The van der Waals surface area contributed by atoms with Crippen molar-refractivity contribution in [2.75, 3.05) is 39.8 Å². The maximum absolute atomic E-state index is 10.6. The van der Waals surface area contributed by atoms with Gasteiger partial charge < -0.3 is 20.6 Å². The average Bonchev–Trinajstić information content (AvgIpc) is 3.05. The van der Waals surface area contributed by atoms with Gasteiger partial charge in [0.05, 0.1) is 6.54 Å². The van der Waals surface area contributed by atoms with Crippen LogP contribution < -0.4 is 10.6 Å². The molecule has 1 saturated heterocycles. The fourth-order valence-corrected chi connectivity index (χ4v) is 3.70. The van der Waals surface area contributed by atoms with Crippen LogP contribution in [0.15, 0.2) is 21.8 Å². The number of thiophene rings is 1. The fourth-order valence-electron chi connectivity index (χ4n) is 2.92. The molecule has 23 heavy (non-hydrogen) atoms. The van der Waals surface area contributed by atoms with E-state index in [-0.39, 0.29) is 0 Å². The van der Waals surface area contributed by atoms with Gasteiger partial charge in [-0.3, -0.25) is 0 Å². The Labute approximate surface area is 143 Å². The second kappa shape index (κ2) is 8.66. The molecule has 1 aromatic heterocycles. The molecule has 6 heteroatoms. The van der Waals surface area contributed by atoms with E-state index in [4.69, 9.17) is 0 Å². The number of nitrogens with one attached hydrogen (secondary N) is 2. The van der Waals surface area contributed by atoms with Gasteiger partial charge in [0.2, 0.25) is 0 Å². The van der Waals surface area contributed by atoms with Crippen LogP contribution in [-0.4, -0.2) is 55.7 Å². The van der Waals surface area contributed by atoms with Crippen molar-refractivity contribution < 1.29 is 5.11 Å². The van der Waals surface area contributed by atoms with Gasteiger partial charge in [-0.15, -0.1) is 0 Å². The third-order valence-corrected chi connectivity index (χ3v) is 5.00. The molecule has 3 N–H and O–H groups in total. The van der Waals surface area contributed by atoms with E-state index in [0.717, 1.165) is 31.2 Å². The van der Waals surface area contributed by atoms with Crippen molar-refractivity contribution in [3.05, 3.63) is 22.4 Å². The van der Waals surface area contributed by atoms with Crippen molar-refractivity contribution in [3.63, 3.8) is 0 Å². The molecule has 0 saturated carbocycles. The first-order valence-corrected chi connectivity index (χ1v) is 9.41. The number of hydrogen-bond acceptors (Lipinski definition) is 4. The smallest absolute Gasteiger partial charge is 0.191 e. The third kappa shape index (κ3) is 5.79. The summed E-state index contributed by atoms with van der Waals surface area (Å²) in [6.45, 7) is 8.31. The highest BCUT2D eigenvalue weighted by Crippen LogP contribution is 2.23. The molecule has 1 aromatic rings. The molecule has 0 spiro atoms. The number of nitrogens with zero attached hydrogens (tertiary/aromatic N) is 2. The highest BCUT2D eigenvalue weighted by atomic mass is 32.1. The lowest BCUT2D eigenvalue weighted by Crippen LogP contribution is -2.44. The van der Waals surface area contributed by atoms with Gasteiger partial charge in [-0.2, -0.15) is 11.3 Å². The topological polar surface area (TPSA) is 59.9 Å². The number of rotatable bonds is 6. The molecule has 0 aromatic carbocycles. The molecular weight excluding hydrogens is 308 g/mol. The van der Waals surface area contributed by atoms with Crippen LogP contribution in [0.1, 0.15) is 32.3 Å². The summed E-state index contributed by atoms with van der Waals surface area (Å²) in [5.74, 6) is 1.45. The van der Waals surface area contributed by atoms with E-state index in [1.165, 1.54) is 19.4 Å². The van der Waals surface area contributed by atoms with E-state index < -0.39 is 5.60 Å². The van der Waals surface area contributed by atoms with Gasteiger partial charge in [-0.25, -0.2) is 4.99 Å². The van der Waals surface area contributed by atoms with E-state index in [9.17, 15) is 5.11 Å². The van der Waals surface area contributed by atoms with Crippen LogP contribution in [0.5, 0.6) is 0 Å². The molecule has 2 heterocycles. The Bertz CT molecular complexity index is 487. The first-order chi connectivity index (χ1) is 11.0. The molecule has 2 rings (SSSR count). The van der Waals surface area contributed by atoms with E-state index in [1.807, 2.05) is 23.8 Å². The minimum atomic E-state index is -0.923. The van der Waals surface area contributed by atoms with Crippen molar-refractivity contribution >= 4 is 17.3 Å². The van der Waals surface area contributed by atoms with Crippen LogP contribution >= 0.6 is 11.3 Å². The van der Waals surface area contributed by atoms with Crippen molar-refractivity contribution in [1.82, 2.24) is 15.5 Å². The monoisotopic (exact) mass is 338 g/mol. The summed E-state index contributed by atoms with van der Waals surface area (Å²) in [4.78, 5) is 6.97. The SMILES string of the molecule is CCNC(=NCC(C)(O)c1ccsc1)NCC1CCCN(C)C1. The first-order valence-electron chi connectivity index (χ1n) is 8.47. The van der Waals surface area contributed by atoms with Crippen molar-refractivity contribution in [2.24, 2.45) is 10.9 Å². The highest BCUT2D eigenvalue weighted by Gasteiger charge is 2.23. The van der Waals surface area contributed by atoms with Crippen LogP contribution in [0.25, 0.3) is 0 Å². The minimum Gasteiger partial charge on any atom is -0.383 e. The zero-order valence-corrected chi connectivity index (χ0v) is 15.3. The van der Waals surface area contributed by atoms with E-state index >= 15 is 0 Å². The van der Waals surface area contributed by atoms with E-state index in [1.54, 1.807) is 11.3 Å². The molecule has 2 unspecified atom stereocenters. The Morgan fingerprint density at radius 2 is 2.35 bits per heavy atom. The standard InChI is InChI=1S/C17H30N4OS/c1-4-18-16(19-10-14-6-5-8-21(3)11-14)20-13-17(2,22)15-7-9-23-12-15/h7,9,12,14,22H,4-6,8,10-11,13H2,1-3H3,(H2,18,19,20). The number of guanidine groups is 1. The van der Waals surface area contributed by atoms with Gasteiger partial charge in [-0.05, 0) is 68.6 Å². The predicted molar refractivity (Wildman–Crippen MR) is 98.1 cm³/mol. The average molecular weight is 339 g/mol. The summed E-state index contributed by atoms with van der Waals surface area (Å²) < 4.78 is 0. The second-order valence-corrected chi connectivity index (χ2v) is 7.41. The highest BCUT2D eigenvalue weighted by molar-refractivity contribution is 7.08. The van der Waals surface area contributed by atoms with Crippen LogP contribution in [0.3, 0.4) is 0 Å². The lowest BCUT2D eigenvalue weighted by Gasteiger charge is -2.30. The molecule has 1 aliphatic heterocycles. The summed E-state index contributed by atoms with van der Waals surface area (Å²) in [5, 5.41) is 21.2. The summed E-state index contributed by atoms with van der Waals surface area (Å²) in [5.41, 5.74) is 0.00365. The molecule has 0 bridgehead atoms. The number of likely N-dealkylation sites (tertiary alicyclic amines) is 1. The second-order valence-electron chi connectivity index (χ2n) is 6.63. The Morgan fingerprint density at radius 1 is 1.52 bits per heavy atom. The minimum absolute atomic E-state index is 0.351. The van der Waals surface area contributed by atoms with E-state index in [2.05, 4.69) is 34.5 Å². The molecule has 0 radical (unpaired) electrons. The molecule has 2 atom stereocenters. The quantitative estimate of drug-likeness (QED) is 0.547. The maximum Gasteiger partial charge on any atom is 0.191 e. The number of hydrogen-bond donors (Lipinski definition) is 3. The number of aliphatic imine (C=N–C) groups is 1. The zero-order valence-electron chi connectivity index (χ0n) is 14.5. The summed E-state index contributed by atoms with van der Waals surface area (Å²) in [7, 11) is 2.18. The number of piperidine rings is 1. The lowest BCUT2D eigenvalue weighted by molar-refractivity contribution is 0.0677. The molecular formula is C17H30N4OS. The Hall–Kier alpha value is -1.11. The molecule has 5 nitrogen and oxygen atoms in total. The molecule has 1 fully saturated rings. The molecule has 0 amide bonds. The Morgan fingerprint density at radius 3 is 3.00 bits per heavy atom. The molecule has 130 valence electrons. The van der Waals surface area contributed by atoms with Crippen LogP contribution in [-0.2, 0) is 5.60 Å². The van der Waals surface area contributed by atoms with Crippen molar-refractivity contribution in [2.45, 2.75) is 32.3 Å². The molecule has 0 aliphatic carbocycles. The molecule has 1 aliphatic rings. The summed E-state index contributed by atoms with van der Waals surface area (Å²) in [6.07, 6.45) is 2.53. The first kappa shape index (κ1) is 18.2. The van der Waals surface area contributed by atoms with Gasteiger partial charge in [0.1, 0.15) is 5.60 Å². The van der Waals surface area contributed by atoms with E-state index in [0.29, 0.717) is 12.5 Å². The third-order valence-electron chi connectivity index (χ3n) is 4.31. The largest absolute Gasteiger partial charge is 0.383 e. The van der Waals surface area contributed by atoms with Gasteiger partial charge in [0.15, 0.2) is 5.96 Å². The summed E-state index contributed by atoms with van der Waals surface area (Å²) in [6, 6.07) is 1.96. The maximum atomic E-state index is 10.6. The Balaban J connectivity index is 1.89. The van der Waals surface area contributed by atoms with Crippen LogP contribution in [0, 0.1) is 5.92 Å². The van der Waals surface area contributed by atoms with Gasteiger partial charge in [0.25, 0.3) is 0 Å². The van der Waals surface area contributed by atoms with Crippen molar-refractivity contribution in [3.8, 4) is 0 Å². The summed E-state index contributed by atoms with van der Waals surface area (Å²) >= 11 is 1.60. The lowest BCUT2D eigenvalue weighted by atomic mass is 9.98. The van der Waals surface area contributed by atoms with Gasteiger partial charge >= 0.3 is 0 Å². The fraction of sp³-hybridized carbons (Fsp3) is 0.706. The van der Waals surface area contributed by atoms with Crippen LogP contribution in [0.4, 0.5) is 0 Å².